The lowest BCUT2D eigenvalue weighted by molar-refractivity contribution is -0.126. The Bertz CT molecular complexity index is 486. The summed E-state index contributed by atoms with van der Waals surface area (Å²) in [5.74, 6) is 0.0716. The second-order valence-corrected chi connectivity index (χ2v) is 5.13. The summed E-state index contributed by atoms with van der Waals surface area (Å²) in [7, 11) is 1.56. The molecule has 0 unspecified atom stereocenters. The van der Waals surface area contributed by atoms with E-state index in [9.17, 15) is 9.59 Å². The zero-order valence-corrected chi connectivity index (χ0v) is 12.0. The molecule has 0 aliphatic rings. The highest BCUT2D eigenvalue weighted by Crippen LogP contribution is 2.16. The van der Waals surface area contributed by atoms with Gasteiger partial charge in [-0.3, -0.25) is 9.59 Å². The normalized spacial score (nSPS) is 10.9. The molecule has 0 spiro atoms. The van der Waals surface area contributed by atoms with E-state index in [1.54, 1.807) is 45.2 Å². The number of methoxy groups -OCH3 is 1. The number of carbonyl (C=O) groups excluding carboxylic acids is 2. The summed E-state index contributed by atoms with van der Waals surface area (Å²) >= 11 is 0. The number of carbonyl (C=O) groups is 2. The van der Waals surface area contributed by atoms with Gasteiger partial charge in [-0.1, -0.05) is 6.07 Å². The molecule has 4 N–H and O–H groups in total. The summed E-state index contributed by atoms with van der Waals surface area (Å²) in [6.07, 6.45) is 0. The summed E-state index contributed by atoms with van der Waals surface area (Å²) in [6.45, 7) is 3.90. The van der Waals surface area contributed by atoms with Crippen molar-refractivity contribution in [3.63, 3.8) is 0 Å². The molecule has 2 amide bonds. The third-order valence-corrected chi connectivity index (χ3v) is 2.87. The van der Waals surface area contributed by atoms with Crippen molar-refractivity contribution < 1.29 is 14.3 Å². The molecule has 0 saturated heterocycles. The van der Waals surface area contributed by atoms with Gasteiger partial charge in [0.15, 0.2) is 0 Å². The predicted octanol–water partition coefficient (Wildman–Crippen LogP) is 0.735. The summed E-state index contributed by atoms with van der Waals surface area (Å²) in [5.41, 5.74) is 5.22. The Kier molecular flexibility index (Phi) is 5.52. The Morgan fingerprint density at radius 2 is 2.05 bits per heavy atom. The maximum Gasteiger partial charge on any atom is 0.238 e. The minimum absolute atomic E-state index is 0.105. The number of hydrogen-bond donors (Lipinski definition) is 3. The van der Waals surface area contributed by atoms with E-state index < -0.39 is 11.3 Å². The molecule has 0 bridgehead atoms. The molecule has 0 aliphatic carbocycles. The van der Waals surface area contributed by atoms with Crippen molar-refractivity contribution >= 4 is 17.5 Å². The van der Waals surface area contributed by atoms with Crippen molar-refractivity contribution in [1.29, 1.82) is 0 Å². The van der Waals surface area contributed by atoms with Crippen molar-refractivity contribution in [2.45, 2.75) is 13.8 Å². The lowest BCUT2D eigenvalue weighted by atomic mass is 9.93. The van der Waals surface area contributed by atoms with Gasteiger partial charge in [0.2, 0.25) is 11.8 Å². The van der Waals surface area contributed by atoms with Gasteiger partial charge in [-0.05, 0) is 26.0 Å². The Morgan fingerprint density at radius 3 is 2.65 bits per heavy atom. The second kappa shape index (κ2) is 6.91. The molecule has 0 aliphatic heterocycles. The maximum atomic E-state index is 11.7. The minimum atomic E-state index is -0.684. The van der Waals surface area contributed by atoms with Crippen LogP contribution in [0.3, 0.4) is 0 Å². The standard InChI is InChI=1S/C14H21N3O3/c1-14(2,13(15)19)9-16-8-12(18)17-10-5-4-6-11(7-10)20-3/h4-7,16H,8-9H2,1-3H3,(H2,15,19)(H,17,18). The molecule has 6 heteroatoms. The van der Waals surface area contributed by atoms with Crippen LogP contribution in [0.2, 0.25) is 0 Å². The smallest absolute Gasteiger partial charge is 0.238 e. The van der Waals surface area contributed by atoms with Gasteiger partial charge in [0, 0.05) is 18.3 Å². The van der Waals surface area contributed by atoms with Crippen LogP contribution in [-0.4, -0.2) is 32.0 Å². The molecular formula is C14H21N3O3. The number of amides is 2. The molecule has 0 fully saturated rings. The number of hydrogen-bond acceptors (Lipinski definition) is 4. The fourth-order valence-corrected chi connectivity index (χ4v) is 1.48. The fourth-order valence-electron chi connectivity index (χ4n) is 1.48. The van der Waals surface area contributed by atoms with Crippen LogP contribution >= 0.6 is 0 Å². The van der Waals surface area contributed by atoms with Gasteiger partial charge >= 0.3 is 0 Å². The molecule has 1 rings (SSSR count). The monoisotopic (exact) mass is 279 g/mol. The molecule has 0 heterocycles. The Morgan fingerprint density at radius 1 is 1.35 bits per heavy atom. The molecular weight excluding hydrogens is 258 g/mol. The number of benzene rings is 1. The quantitative estimate of drug-likeness (QED) is 0.686. The third kappa shape index (κ3) is 4.89. The first kappa shape index (κ1) is 16.0. The van der Waals surface area contributed by atoms with E-state index in [1.165, 1.54) is 0 Å². The zero-order valence-electron chi connectivity index (χ0n) is 12.0. The van der Waals surface area contributed by atoms with Crippen LogP contribution in [0, 0.1) is 5.41 Å². The number of rotatable bonds is 7. The average molecular weight is 279 g/mol. The zero-order chi connectivity index (χ0) is 15.2. The molecule has 0 atom stereocenters. The average Bonchev–Trinajstić information content (AvgIpc) is 2.38. The molecule has 0 aromatic heterocycles. The van der Waals surface area contributed by atoms with Crippen molar-refractivity contribution in [3.05, 3.63) is 24.3 Å². The molecule has 0 radical (unpaired) electrons. The van der Waals surface area contributed by atoms with E-state index in [4.69, 9.17) is 10.5 Å². The summed E-state index contributed by atoms with van der Waals surface area (Å²) < 4.78 is 5.07. The highest BCUT2D eigenvalue weighted by Gasteiger charge is 2.24. The van der Waals surface area contributed by atoms with Crippen molar-refractivity contribution in [2.75, 3.05) is 25.5 Å². The number of anilines is 1. The van der Waals surface area contributed by atoms with E-state index in [-0.39, 0.29) is 12.5 Å². The van der Waals surface area contributed by atoms with Crippen LogP contribution in [0.1, 0.15) is 13.8 Å². The summed E-state index contributed by atoms with van der Waals surface area (Å²) in [5, 5.41) is 5.65. The lowest BCUT2D eigenvalue weighted by Crippen LogP contribution is -2.42. The van der Waals surface area contributed by atoms with Crippen molar-refractivity contribution in [3.8, 4) is 5.75 Å². The highest BCUT2D eigenvalue weighted by molar-refractivity contribution is 5.92. The second-order valence-electron chi connectivity index (χ2n) is 5.13. The number of primary amides is 1. The first-order valence-corrected chi connectivity index (χ1v) is 6.29. The third-order valence-electron chi connectivity index (χ3n) is 2.87. The van der Waals surface area contributed by atoms with Gasteiger partial charge in [0.05, 0.1) is 19.1 Å². The molecule has 6 nitrogen and oxygen atoms in total. The molecule has 110 valence electrons. The number of nitrogens with one attached hydrogen (secondary N) is 2. The maximum absolute atomic E-state index is 11.7. The van der Waals surface area contributed by atoms with Crippen LogP contribution in [0.5, 0.6) is 5.75 Å². The molecule has 1 aromatic rings. The largest absolute Gasteiger partial charge is 0.497 e. The first-order valence-electron chi connectivity index (χ1n) is 6.29. The number of ether oxygens (including phenoxy) is 1. The fraction of sp³-hybridized carbons (Fsp3) is 0.429. The SMILES string of the molecule is COc1cccc(NC(=O)CNCC(C)(C)C(N)=O)c1. The van der Waals surface area contributed by atoms with Gasteiger partial charge < -0.3 is 21.1 Å². The predicted molar refractivity (Wildman–Crippen MR) is 77.5 cm³/mol. The Hall–Kier alpha value is -2.08. The minimum Gasteiger partial charge on any atom is -0.497 e. The van der Waals surface area contributed by atoms with Crippen LogP contribution in [0.25, 0.3) is 0 Å². The van der Waals surface area contributed by atoms with Gasteiger partial charge in [0.1, 0.15) is 5.75 Å². The highest BCUT2D eigenvalue weighted by atomic mass is 16.5. The van der Waals surface area contributed by atoms with Gasteiger partial charge in [0.25, 0.3) is 0 Å². The van der Waals surface area contributed by atoms with Gasteiger partial charge in [-0.15, -0.1) is 0 Å². The van der Waals surface area contributed by atoms with Gasteiger partial charge in [-0.2, -0.15) is 0 Å². The summed E-state index contributed by atoms with van der Waals surface area (Å²) in [4.78, 5) is 22.9. The van der Waals surface area contributed by atoms with Crippen LogP contribution in [0.15, 0.2) is 24.3 Å². The van der Waals surface area contributed by atoms with E-state index >= 15 is 0 Å². The summed E-state index contributed by atoms with van der Waals surface area (Å²) in [6, 6.07) is 7.08. The van der Waals surface area contributed by atoms with Crippen LogP contribution in [-0.2, 0) is 9.59 Å². The molecule has 1 aromatic carbocycles. The first-order chi connectivity index (χ1) is 9.35. The van der Waals surface area contributed by atoms with Crippen LogP contribution in [0.4, 0.5) is 5.69 Å². The topological polar surface area (TPSA) is 93.4 Å². The lowest BCUT2D eigenvalue weighted by Gasteiger charge is -2.20. The molecule has 20 heavy (non-hydrogen) atoms. The van der Waals surface area contributed by atoms with Crippen molar-refractivity contribution in [2.24, 2.45) is 11.1 Å². The van der Waals surface area contributed by atoms with E-state index in [0.717, 1.165) is 0 Å². The number of nitrogens with two attached hydrogens (primary N) is 1. The van der Waals surface area contributed by atoms with Crippen LogP contribution < -0.4 is 21.1 Å². The Labute approximate surface area is 118 Å². The van der Waals surface area contributed by atoms with E-state index in [1.807, 2.05) is 0 Å². The Balaban J connectivity index is 2.42. The van der Waals surface area contributed by atoms with Gasteiger partial charge in [-0.25, -0.2) is 0 Å². The van der Waals surface area contributed by atoms with E-state index in [2.05, 4.69) is 10.6 Å². The van der Waals surface area contributed by atoms with E-state index in [0.29, 0.717) is 18.0 Å². The van der Waals surface area contributed by atoms with Crippen molar-refractivity contribution in [1.82, 2.24) is 5.32 Å². The molecule has 0 saturated carbocycles.